The molecule has 0 aliphatic rings. The van der Waals surface area contributed by atoms with Crippen molar-refractivity contribution in [3.63, 3.8) is 0 Å². The predicted molar refractivity (Wildman–Crippen MR) is 42.3 cm³/mol. The molecular formula is C5H6BrN3O2. The number of aromatic carboxylic acids is 1. The number of rotatable bonds is 1. The van der Waals surface area contributed by atoms with Crippen molar-refractivity contribution in [1.82, 2.24) is 9.55 Å². The number of halogens is 1. The number of carboxylic acids is 1. The molecule has 0 unspecified atom stereocenters. The van der Waals surface area contributed by atoms with Crippen molar-refractivity contribution in [2.75, 3.05) is 5.73 Å². The molecule has 0 saturated heterocycles. The van der Waals surface area contributed by atoms with Gasteiger partial charge in [-0.3, -0.25) is 0 Å². The summed E-state index contributed by atoms with van der Waals surface area (Å²) in [4.78, 5) is 14.1. The molecule has 1 rings (SSSR count). The van der Waals surface area contributed by atoms with Crippen molar-refractivity contribution < 1.29 is 9.90 Å². The van der Waals surface area contributed by atoms with Gasteiger partial charge >= 0.3 is 5.97 Å². The Balaban J connectivity index is 3.29. The number of hydrogen-bond donors (Lipinski definition) is 2. The first kappa shape index (κ1) is 8.06. The molecule has 0 spiro atoms. The van der Waals surface area contributed by atoms with E-state index in [1.807, 2.05) is 0 Å². The Hall–Kier alpha value is -1.04. The van der Waals surface area contributed by atoms with Crippen LogP contribution >= 0.6 is 15.9 Å². The summed E-state index contributed by atoms with van der Waals surface area (Å²) < 4.78 is 1.86. The van der Waals surface area contributed by atoms with Gasteiger partial charge in [-0.25, -0.2) is 9.78 Å². The van der Waals surface area contributed by atoms with Crippen LogP contribution < -0.4 is 5.73 Å². The van der Waals surface area contributed by atoms with Gasteiger partial charge in [-0.2, -0.15) is 0 Å². The van der Waals surface area contributed by atoms with Crippen molar-refractivity contribution in [1.29, 1.82) is 0 Å². The van der Waals surface area contributed by atoms with E-state index >= 15 is 0 Å². The quantitative estimate of drug-likeness (QED) is 0.720. The molecule has 0 aliphatic carbocycles. The fourth-order valence-electron chi connectivity index (χ4n) is 0.640. The average Bonchev–Trinajstić information content (AvgIpc) is 2.17. The first-order valence-electron chi connectivity index (χ1n) is 2.75. The third-order valence-corrected chi connectivity index (χ3v) is 2.00. The zero-order valence-electron chi connectivity index (χ0n) is 5.71. The maximum absolute atomic E-state index is 10.4. The average molecular weight is 220 g/mol. The lowest BCUT2D eigenvalue weighted by atomic mass is 10.4. The molecule has 5 nitrogen and oxygen atoms in total. The van der Waals surface area contributed by atoms with E-state index in [0.717, 1.165) is 0 Å². The number of nitrogens with two attached hydrogens (primary N) is 1. The van der Waals surface area contributed by atoms with Crippen LogP contribution in [0, 0.1) is 0 Å². The molecule has 0 saturated carbocycles. The molecule has 0 amide bonds. The van der Waals surface area contributed by atoms with E-state index in [1.54, 1.807) is 7.05 Å². The zero-order chi connectivity index (χ0) is 8.59. The van der Waals surface area contributed by atoms with Crippen LogP contribution in [0.5, 0.6) is 0 Å². The summed E-state index contributed by atoms with van der Waals surface area (Å²) in [5.74, 6) is -0.979. The summed E-state index contributed by atoms with van der Waals surface area (Å²) in [5, 5.41) is 8.53. The van der Waals surface area contributed by atoms with E-state index in [0.29, 0.717) is 4.73 Å². The van der Waals surface area contributed by atoms with Gasteiger partial charge in [0, 0.05) is 7.05 Å². The topological polar surface area (TPSA) is 81.1 Å². The van der Waals surface area contributed by atoms with Gasteiger partial charge in [0.15, 0.2) is 10.4 Å². The second-order valence-corrected chi connectivity index (χ2v) is 2.69. The van der Waals surface area contributed by atoms with Crippen LogP contribution in [0.1, 0.15) is 10.5 Å². The molecule has 1 aromatic heterocycles. The first-order valence-corrected chi connectivity index (χ1v) is 3.54. The Morgan fingerprint density at radius 1 is 1.82 bits per heavy atom. The van der Waals surface area contributed by atoms with Gasteiger partial charge in [-0.05, 0) is 15.9 Å². The molecule has 1 aromatic rings. The zero-order valence-corrected chi connectivity index (χ0v) is 7.29. The summed E-state index contributed by atoms with van der Waals surface area (Å²) >= 11 is 3.04. The summed E-state index contributed by atoms with van der Waals surface area (Å²) in [7, 11) is 1.62. The van der Waals surface area contributed by atoms with Gasteiger partial charge in [0.25, 0.3) is 0 Å². The lowest BCUT2D eigenvalue weighted by Crippen LogP contribution is -2.03. The molecule has 3 N–H and O–H groups in total. The summed E-state index contributed by atoms with van der Waals surface area (Å²) in [5.41, 5.74) is 5.27. The minimum atomic E-state index is -1.12. The van der Waals surface area contributed by atoms with Crippen molar-refractivity contribution in [2.24, 2.45) is 7.05 Å². The first-order chi connectivity index (χ1) is 5.04. The monoisotopic (exact) mass is 219 g/mol. The SMILES string of the molecule is Cn1c(Br)nc(C(=O)O)c1N. The Labute approximate surface area is 71.0 Å². The summed E-state index contributed by atoms with van der Waals surface area (Å²) in [6.45, 7) is 0. The van der Waals surface area contributed by atoms with Gasteiger partial charge in [0.2, 0.25) is 0 Å². The van der Waals surface area contributed by atoms with Crippen molar-refractivity contribution in [3.8, 4) is 0 Å². The number of nitrogens with zero attached hydrogens (tertiary/aromatic N) is 2. The Morgan fingerprint density at radius 3 is 2.55 bits per heavy atom. The fourth-order valence-corrected chi connectivity index (χ4v) is 1.01. The highest BCUT2D eigenvalue weighted by molar-refractivity contribution is 9.10. The molecule has 0 fully saturated rings. The number of hydrogen-bond acceptors (Lipinski definition) is 3. The van der Waals surface area contributed by atoms with E-state index in [2.05, 4.69) is 20.9 Å². The number of carbonyl (C=O) groups is 1. The lowest BCUT2D eigenvalue weighted by molar-refractivity contribution is 0.0692. The Morgan fingerprint density at radius 2 is 2.36 bits per heavy atom. The maximum Gasteiger partial charge on any atom is 0.358 e. The van der Waals surface area contributed by atoms with E-state index < -0.39 is 5.97 Å². The number of aromatic nitrogens is 2. The number of anilines is 1. The molecule has 1 heterocycles. The van der Waals surface area contributed by atoms with E-state index in [1.165, 1.54) is 4.57 Å². The summed E-state index contributed by atoms with van der Waals surface area (Å²) in [6.07, 6.45) is 0. The molecule has 0 aromatic carbocycles. The highest BCUT2D eigenvalue weighted by Gasteiger charge is 2.15. The molecule has 0 radical (unpaired) electrons. The van der Waals surface area contributed by atoms with Gasteiger partial charge in [-0.15, -0.1) is 0 Å². The minimum absolute atomic E-state index is 0.126. The van der Waals surface area contributed by atoms with Crippen LogP contribution in [-0.2, 0) is 7.05 Å². The van der Waals surface area contributed by atoms with Crippen LogP contribution in [-0.4, -0.2) is 20.6 Å². The van der Waals surface area contributed by atoms with Gasteiger partial charge in [0.1, 0.15) is 5.82 Å². The lowest BCUT2D eigenvalue weighted by Gasteiger charge is -1.94. The Kier molecular flexibility index (Phi) is 1.86. The van der Waals surface area contributed by atoms with Crippen LogP contribution in [0.3, 0.4) is 0 Å². The molecule has 11 heavy (non-hydrogen) atoms. The second kappa shape index (κ2) is 2.54. The molecule has 0 aliphatic heterocycles. The second-order valence-electron chi connectivity index (χ2n) is 1.98. The van der Waals surface area contributed by atoms with Crippen LogP contribution in [0.4, 0.5) is 5.82 Å². The van der Waals surface area contributed by atoms with Crippen LogP contribution in [0.15, 0.2) is 4.73 Å². The van der Waals surface area contributed by atoms with Gasteiger partial charge in [0.05, 0.1) is 0 Å². The molecule has 6 heteroatoms. The molecule has 0 atom stereocenters. The number of imidazole rings is 1. The van der Waals surface area contributed by atoms with E-state index in [9.17, 15) is 4.79 Å². The van der Waals surface area contributed by atoms with Gasteiger partial charge in [-0.1, -0.05) is 0 Å². The highest BCUT2D eigenvalue weighted by Crippen LogP contribution is 2.16. The van der Waals surface area contributed by atoms with E-state index in [4.69, 9.17) is 10.8 Å². The van der Waals surface area contributed by atoms with Crippen LogP contribution in [0.2, 0.25) is 0 Å². The van der Waals surface area contributed by atoms with Gasteiger partial charge < -0.3 is 15.4 Å². The van der Waals surface area contributed by atoms with Crippen molar-refractivity contribution >= 4 is 27.7 Å². The largest absolute Gasteiger partial charge is 0.476 e. The van der Waals surface area contributed by atoms with Crippen LogP contribution in [0.25, 0.3) is 0 Å². The van der Waals surface area contributed by atoms with E-state index in [-0.39, 0.29) is 11.5 Å². The summed E-state index contributed by atoms with van der Waals surface area (Å²) in [6, 6.07) is 0. The smallest absolute Gasteiger partial charge is 0.358 e. The van der Waals surface area contributed by atoms with Crippen molar-refractivity contribution in [2.45, 2.75) is 0 Å². The fraction of sp³-hybridized carbons (Fsp3) is 0.200. The standard InChI is InChI=1S/C5H6BrN3O2/c1-9-3(7)2(4(10)11)8-5(9)6/h7H2,1H3,(H,10,11). The molecule has 0 bridgehead atoms. The Bertz CT molecular complexity index is 307. The predicted octanol–water partition coefficient (Wildman–Crippen LogP) is 0.463. The minimum Gasteiger partial charge on any atom is -0.476 e. The molecule has 60 valence electrons. The number of nitrogen functional groups attached to an aromatic ring is 1. The number of carboxylic acid groups (broad SMARTS) is 1. The normalized spacial score (nSPS) is 10.0. The third-order valence-electron chi connectivity index (χ3n) is 1.29. The molecular weight excluding hydrogens is 214 g/mol. The maximum atomic E-state index is 10.4. The highest BCUT2D eigenvalue weighted by atomic mass is 79.9. The third kappa shape index (κ3) is 1.21. The van der Waals surface area contributed by atoms with Crippen molar-refractivity contribution in [3.05, 3.63) is 10.4 Å².